The number of nitriles is 1. The van der Waals surface area contributed by atoms with Crippen LogP contribution < -0.4 is 14.8 Å². The highest BCUT2D eigenvalue weighted by atomic mass is 79.9. The topological polar surface area (TPSA) is 71.3 Å². The minimum absolute atomic E-state index is 0.0466. The maximum absolute atomic E-state index is 13.0. The number of para-hydroxylation sites is 1. The van der Waals surface area contributed by atoms with E-state index in [0.29, 0.717) is 29.4 Å². The number of benzene rings is 4. The summed E-state index contributed by atoms with van der Waals surface area (Å²) in [5, 5.41) is 14.5. The quantitative estimate of drug-likeness (QED) is 0.220. The van der Waals surface area contributed by atoms with Crippen molar-refractivity contribution in [2.75, 3.05) is 12.4 Å². The van der Waals surface area contributed by atoms with Gasteiger partial charge in [-0.15, -0.1) is 0 Å². The van der Waals surface area contributed by atoms with E-state index in [1.54, 1.807) is 25.3 Å². The van der Waals surface area contributed by atoms with E-state index in [-0.39, 0.29) is 5.57 Å². The lowest BCUT2D eigenvalue weighted by Crippen LogP contribution is -2.13. The SMILES string of the molecule is COc1cccc(/C=C(\C#N)C(=O)Nc2cccc3ccccc23)c1OCc1ccc(Br)cc1. The molecule has 6 heteroatoms. The molecule has 0 radical (unpaired) electrons. The molecule has 0 heterocycles. The molecule has 0 aromatic heterocycles. The molecule has 0 saturated heterocycles. The van der Waals surface area contributed by atoms with Gasteiger partial charge in [-0.1, -0.05) is 76.6 Å². The van der Waals surface area contributed by atoms with Crippen molar-refractivity contribution in [3.8, 4) is 17.6 Å². The minimum atomic E-state index is -0.500. The lowest BCUT2D eigenvalue weighted by molar-refractivity contribution is -0.112. The van der Waals surface area contributed by atoms with Crippen molar-refractivity contribution in [1.29, 1.82) is 5.26 Å². The number of halogens is 1. The van der Waals surface area contributed by atoms with Gasteiger partial charge in [-0.05, 0) is 41.3 Å². The number of ether oxygens (including phenoxy) is 2. The Labute approximate surface area is 206 Å². The summed E-state index contributed by atoms with van der Waals surface area (Å²) in [6.45, 7) is 0.304. The fraction of sp³-hybridized carbons (Fsp3) is 0.0714. The van der Waals surface area contributed by atoms with Crippen LogP contribution in [0.2, 0.25) is 0 Å². The number of nitrogens with zero attached hydrogens (tertiary/aromatic N) is 1. The summed E-state index contributed by atoms with van der Waals surface area (Å²) in [5.41, 5.74) is 2.13. The van der Waals surface area contributed by atoms with Gasteiger partial charge in [-0.2, -0.15) is 5.26 Å². The fourth-order valence-corrected chi connectivity index (χ4v) is 3.79. The molecule has 4 aromatic carbocycles. The molecular formula is C28H21BrN2O3. The number of amides is 1. The standard InChI is InChI=1S/C28H21BrN2O3/c1-33-26-11-5-8-21(27(26)34-18-19-12-14-23(29)15-13-19)16-22(17-30)28(32)31-25-10-4-7-20-6-2-3-9-24(20)25/h2-16H,18H2,1H3,(H,31,32)/b22-16+. The van der Waals surface area contributed by atoms with Crippen LogP contribution in [-0.2, 0) is 11.4 Å². The maximum Gasteiger partial charge on any atom is 0.266 e. The van der Waals surface area contributed by atoms with Gasteiger partial charge < -0.3 is 14.8 Å². The Morgan fingerprint density at radius 3 is 2.50 bits per heavy atom. The molecule has 4 rings (SSSR count). The van der Waals surface area contributed by atoms with Gasteiger partial charge in [-0.25, -0.2) is 0 Å². The Balaban J connectivity index is 1.62. The highest BCUT2D eigenvalue weighted by Gasteiger charge is 2.15. The summed E-state index contributed by atoms with van der Waals surface area (Å²) in [6, 6.07) is 28.5. The van der Waals surface area contributed by atoms with Crippen LogP contribution in [0.5, 0.6) is 11.5 Å². The Hall–Kier alpha value is -4.08. The Morgan fingerprint density at radius 1 is 1.00 bits per heavy atom. The van der Waals surface area contributed by atoms with Crippen LogP contribution >= 0.6 is 15.9 Å². The summed E-state index contributed by atoms with van der Waals surface area (Å²) in [4.78, 5) is 13.0. The molecule has 34 heavy (non-hydrogen) atoms. The number of hydrogen-bond donors (Lipinski definition) is 1. The third kappa shape index (κ3) is 5.28. The van der Waals surface area contributed by atoms with E-state index >= 15 is 0 Å². The molecule has 0 bridgehead atoms. The van der Waals surface area contributed by atoms with Crippen molar-refractivity contribution in [2.45, 2.75) is 6.61 Å². The summed E-state index contributed by atoms with van der Waals surface area (Å²) < 4.78 is 12.5. The number of anilines is 1. The van der Waals surface area contributed by atoms with Gasteiger partial charge in [0.1, 0.15) is 18.2 Å². The minimum Gasteiger partial charge on any atom is -0.493 e. The maximum atomic E-state index is 13.0. The number of carbonyl (C=O) groups excluding carboxylic acids is 1. The second-order valence-corrected chi connectivity index (χ2v) is 8.36. The molecule has 0 saturated carbocycles. The molecule has 0 fully saturated rings. The van der Waals surface area contributed by atoms with Crippen molar-refractivity contribution in [3.05, 3.63) is 106 Å². The molecule has 5 nitrogen and oxygen atoms in total. The highest BCUT2D eigenvalue weighted by Crippen LogP contribution is 2.33. The molecule has 1 amide bonds. The van der Waals surface area contributed by atoms with Crippen LogP contribution in [0, 0.1) is 11.3 Å². The Kier molecular flexibility index (Phi) is 7.26. The van der Waals surface area contributed by atoms with Crippen molar-refractivity contribution in [1.82, 2.24) is 0 Å². The van der Waals surface area contributed by atoms with E-state index < -0.39 is 5.91 Å². The molecule has 0 aliphatic heterocycles. The van der Waals surface area contributed by atoms with Gasteiger partial charge in [-0.3, -0.25) is 4.79 Å². The van der Waals surface area contributed by atoms with Gasteiger partial charge in [0.15, 0.2) is 11.5 Å². The molecule has 0 aliphatic rings. The number of rotatable bonds is 7. The fourth-order valence-electron chi connectivity index (χ4n) is 3.53. The zero-order valence-corrected chi connectivity index (χ0v) is 20.0. The van der Waals surface area contributed by atoms with E-state index in [9.17, 15) is 10.1 Å². The number of methoxy groups -OCH3 is 1. The van der Waals surface area contributed by atoms with Crippen LogP contribution in [-0.4, -0.2) is 13.0 Å². The van der Waals surface area contributed by atoms with Crippen LogP contribution in [0.4, 0.5) is 5.69 Å². The molecule has 4 aromatic rings. The zero-order valence-electron chi connectivity index (χ0n) is 18.4. The molecule has 0 spiro atoms. The largest absolute Gasteiger partial charge is 0.493 e. The second-order valence-electron chi connectivity index (χ2n) is 7.44. The normalized spacial score (nSPS) is 11.0. The van der Waals surface area contributed by atoms with Gasteiger partial charge >= 0.3 is 0 Å². The Bertz CT molecular complexity index is 1400. The monoisotopic (exact) mass is 512 g/mol. The lowest BCUT2D eigenvalue weighted by atomic mass is 10.1. The summed E-state index contributed by atoms with van der Waals surface area (Å²) >= 11 is 3.42. The molecule has 1 N–H and O–H groups in total. The van der Waals surface area contributed by atoms with Crippen LogP contribution in [0.1, 0.15) is 11.1 Å². The molecular weight excluding hydrogens is 492 g/mol. The van der Waals surface area contributed by atoms with E-state index in [1.807, 2.05) is 72.8 Å². The number of hydrogen-bond acceptors (Lipinski definition) is 4. The number of carbonyl (C=O) groups is 1. The number of fused-ring (bicyclic) bond motifs is 1. The second kappa shape index (κ2) is 10.7. The predicted octanol–water partition coefficient (Wildman–Crippen LogP) is 6.74. The first-order valence-electron chi connectivity index (χ1n) is 10.5. The summed E-state index contributed by atoms with van der Waals surface area (Å²) in [5.74, 6) is 0.469. The lowest BCUT2D eigenvalue weighted by Gasteiger charge is -2.14. The molecule has 0 atom stereocenters. The highest BCUT2D eigenvalue weighted by molar-refractivity contribution is 9.10. The molecule has 0 aliphatic carbocycles. The van der Waals surface area contributed by atoms with E-state index in [0.717, 1.165) is 20.8 Å². The first kappa shape index (κ1) is 23.1. The molecule has 0 unspecified atom stereocenters. The third-order valence-electron chi connectivity index (χ3n) is 5.23. The summed E-state index contributed by atoms with van der Waals surface area (Å²) in [6.07, 6.45) is 1.51. The van der Waals surface area contributed by atoms with Gasteiger partial charge in [0.2, 0.25) is 0 Å². The van der Waals surface area contributed by atoms with Crippen LogP contribution in [0.25, 0.3) is 16.8 Å². The smallest absolute Gasteiger partial charge is 0.266 e. The van der Waals surface area contributed by atoms with E-state index in [4.69, 9.17) is 9.47 Å². The average molecular weight is 513 g/mol. The Morgan fingerprint density at radius 2 is 1.74 bits per heavy atom. The van der Waals surface area contributed by atoms with Gasteiger partial charge in [0, 0.05) is 21.1 Å². The van der Waals surface area contributed by atoms with Crippen LogP contribution in [0.3, 0.4) is 0 Å². The summed E-state index contributed by atoms with van der Waals surface area (Å²) in [7, 11) is 1.55. The van der Waals surface area contributed by atoms with E-state index in [1.165, 1.54) is 6.08 Å². The van der Waals surface area contributed by atoms with Gasteiger partial charge in [0.05, 0.1) is 7.11 Å². The van der Waals surface area contributed by atoms with Crippen molar-refractivity contribution in [3.63, 3.8) is 0 Å². The average Bonchev–Trinajstić information content (AvgIpc) is 2.87. The van der Waals surface area contributed by atoms with Crippen LogP contribution in [0.15, 0.2) is 95.0 Å². The van der Waals surface area contributed by atoms with Gasteiger partial charge in [0.25, 0.3) is 5.91 Å². The predicted molar refractivity (Wildman–Crippen MR) is 138 cm³/mol. The first-order chi connectivity index (χ1) is 16.6. The zero-order chi connectivity index (χ0) is 23.9. The van der Waals surface area contributed by atoms with E-state index in [2.05, 4.69) is 21.2 Å². The van der Waals surface area contributed by atoms with Crippen molar-refractivity contribution in [2.24, 2.45) is 0 Å². The number of nitrogens with one attached hydrogen (secondary N) is 1. The first-order valence-corrected chi connectivity index (χ1v) is 11.3. The third-order valence-corrected chi connectivity index (χ3v) is 5.76. The molecule has 168 valence electrons. The van der Waals surface area contributed by atoms with Crippen molar-refractivity contribution >= 4 is 44.4 Å². The van der Waals surface area contributed by atoms with Crippen molar-refractivity contribution < 1.29 is 14.3 Å².